The van der Waals surface area contributed by atoms with Gasteiger partial charge in [0.1, 0.15) is 29.2 Å². The Labute approximate surface area is 218 Å². The van der Waals surface area contributed by atoms with Crippen molar-refractivity contribution in [1.82, 2.24) is 0 Å². The zero-order valence-electron chi connectivity index (χ0n) is 20.5. The fourth-order valence-corrected chi connectivity index (χ4v) is 4.82. The van der Waals surface area contributed by atoms with Crippen molar-refractivity contribution in [2.45, 2.75) is 50.7 Å². The molecule has 2 aromatic rings. The van der Waals surface area contributed by atoms with Gasteiger partial charge in [-0.1, -0.05) is 40.6 Å². The maximum absolute atomic E-state index is 13.4. The number of ketones is 1. The molecule has 2 N–H and O–H groups in total. The predicted molar refractivity (Wildman–Crippen MR) is 138 cm³/mol. The summed E-state index contributed by atoms with van der Waals surface area (Å²) in [5.74, 6) is -0.740. The van der Waals surface area contributed by atoms with Gasteiger partial charge in [0.05, 0.1) is 14.2 Å². The highest BCUT2D eigenvalue weighted by molar-refractivity contribution is 9.10. The number of halogens is 1. The Balaban J connectivity index is 2.14. The lowest BCUT2D eigenvalue weighted by atomic mass is 9.79. The number of carbonyl (C=O) groups is 3. The number of rotatable bonds is 10. The van der Waals surface area contributed by atoms with Gasteiger partial charge in [-0.05, 0) is 50.0 Å². The summed E-state index contributed by atoms with van der Waals surface area (Å²) in [7, 11) is 2.89. The molecule has 0 radical (unpaired) electrons. The van der Waals surface area contributed by atoms with Crippen LogP contribution in [0, 0.1) is 0 Å². The van der Waals surface area contributed by atoms with E-state index in [-0.39, 0.29) is 29.5 Å². The quantitative estimate of drug-likeness (QED) is 0.191. The van der Waals surface area contributed by atoms with Gasteiger partial charge >= 0.3 is 5.97 Å². The fraction of sp³-hybridized carbons (Fsp3) is 0.370. The summed E-state index contributed by atoms with van der Waals surface area (Å²) in [6.45, 7) is 1.82. The van der Waals surface area contributed by atoms with Crippen LogP contribution in [0.25, 0.3) is 6.08 Å². The van der Waals surface area contributed by atoms with Gasteiger partial charge in [0.2, 0.25) is 0 Å². The maximum Gasteiger partial charge on any atom is 0.322 e. The molecule has 0 amide bonds. The third-order valence-electron chi connectivity index (χ3n) is 6.09. The van der Waals surface area contributed by atoms with Gasteiger partial charge in [0.15, 0.2) is 11.5 Å². The molecule has 0 spiro atoms. The minimum atomic E-state index is -0.781. The van der Waals surface area contributed by atoms with Crippen LogP contribution in [-0.4, -0.2) is 44.6 Å². The molecule has 0 unspecified atom stereocenters. The van der Waals surface area contributed by atoms with Crippen molar-refractivity contribution in [2.24, 2.45) is 5.73 Å². The highest BCUT2D eigenvalue weighted by Crippen LogP contribution is 2.48. The summed E-state index contributed by atoms with van der Waals surface area (Å²) in [6, 6.07) is 8.26. The van der Waals surface area contributed by atoms with E-state index >= 15 is 0 Å². The van der Waals surface area contributed by atoms with E-state index in [0.717, 1.165) is 22.9 Å². The topological polar surface area (TPSA) is 114 Å². The van der Waals surface area contributed by atoms with Crippen molar-refractivity contribution in [3.63, 3.8) is 0 Å². The standard InChI is InChI=1S/C27H30BrNO7/c1-16(29)27(32)36-21-10-5-4-9-19(21)24-22(33-2)14-23(34-3)25(26(24)35-15-30)20(31)12-11-17-7-6-8-18(28)13-17/h6-8,11-16,19,21H,4-5,9-10,29H2,1-3H3/t16-,19+,21+/m0/s1. The molecule has 36 heavy (non-hydrogen) atoms. The highest BCUT2D eigenvalue weighted by atomic mass is 79.9. The molecule has 1 aliphatic carbocycles. The number of esters is 1. The molecule has 2 aromatic carbocycles. The average molecular weight is 560 g/mol. The second kappa shape index (κ2) is 12.7. The van der Waals surface area contributed by atoms with Crippen LogP contribution in [0.4, 0.5) is 0 Å². The summed E-state index contributed by atoms with van der Waals surface area (Å²) in [5.41, 5.74) is 7.08. The molecular weight excluding hydrogens is 530 g/mol. The number of benzene rings is 2. The lowest BCUT2D eigenvalue weighted by Crippen LogP contribution is -2.36. The summed E-state index contributed by atoms with van der Waals surface area (Å²) < 4.78 is 23.2. The molecule has 3 rings (SSSR count). The largest absolute Gasteiger partial charge is 0.496 e. The smallest absolute Gasteiger partial charge is 0.322 e. The number of allylic oxidation sites excluding steroid dienone is 1. The van der Waals surface area contributed by atoms with Gasteiger partial charge in [0, 0.05) is 22.0 Å². The van der Waals surface area contributed by atoms with E-state index < -0.39 is 23.9 Å². The van der Waals surface area contributed by atoms with Crippen molar-refractivity contribution >= 4 is 40.2 Å². The lowest BCUT2D eigenvalue weighted by molar-refractivity contribution is -0.152. The zero-order valence-corrected chi connectivity index (χ0v) is 22.1. The van der Waals surface area contributed by atoms with Gasteiger partial charge in [-0.2, -0.15) is 0 Å². The average Bonchev–Trinajstić information content (AvgIpc) is 2.87. The minimum absolute atomic E-state index is 0.0267. The van der Waals surface area contributed by atoms with Crippen LogP contribution >= 0.6 is 15.9 Å². The summed E-state index contributed by atoms with van der Waals surface area (Å²) in [6.07, 6.45) is 5.49. The molecule has 0 aliphatic heterocycles. The number of hydrogen-bond donors (Lipinski definition) is 1. The Morgan fingerprint density at radius 2 is 1.83 bits per heavy atom. The molecule has 0 saturated heterocycles. The predicted octanol–water partition coefficient (Wildman–Crippen LogP) is 4.81. The second-order valence-corrected chi connectivity index (χ2v) is 9.44. The van der Waals surface area contributed by atoms with Crippen LogP contribution in [0.1, 0.15) is 60.0 Å². The monoisotopic (exact) mass is 559 g/mol. The maximum atomic E-state index is 13.4. The molecule has 9 heteroatoms. The summed E-state index contributed by atoms with van der Waals surface area (Å²) >= 11 is 3.41. The summed E-state index contributed by atoms with van der Waals surface area (Å²) in [5, 5.41) is 0. The van der Waals surface area contributed by atoms with Crippen LogP contribution in [0.2, 0.25) is 0 Å². The Bertz CT molecular complexity index is 1150. The first-order chi connectivity index (χ1) is 17.3. The van der Waals surface area contributed by atoms with E-state index in [4.69, 9.17) is 24.7 Å². The SMILES string of the molecule is COc1cc(OC)c([C@@H]2CCCC[C@H]2OC(=O)[C@H](C)N)c(OC=O)c1C(=O)C=Cc1cccc(Br)c1. The molecule has 8 nitrogen and oxygen atoms in total. The van der Waals surface area contributed by atoms with E-state index in [0.29, 0.717) is 24.2 Å². The minimum Gasteiger partial charge on any atom is -0.496 e. The molecule has 1 saturated carbocycles. The molecule has 1 aliphatic rings. The Hall–Kier alpha value is -3.17. The third kappa shape index (κ3) is 6.33. The van der Waals surface area contributed by atoms with E-state index in [1.54, 1.807) is 19.1 Å². The molecule has 0 aromatic heterocycles. The van der Waals surface area contributed by atoms with Crippen molar-refractivity contribution in [3.05, 3.63) is 57.6 Å². The van der Waals surface area contributed by atoms with Gasteiger partial charge in [-0.25, -0.2) is 0 Å². The van der Waals surface area contributed by atoms with E-state index in [2.05, 4.69) is 15.9 Å². The van der Waals surface area contributed by atoms with Crippen LogP contribution in [0.5, 0.6) is 17.2 Å². The van der Waals surface area contributed by atoms with Gasteiger partial charge < -0.3 is 24.7 Å². The number of ether oxygens (including phenoxy) is 4. The van der Waals surface area contributed by atoms with Gasteiger partial charge in [0.25, 0.3) is 6.47 Å². The van der Waals surface area contributed by atoms with Crippen molar-refractivity contribution in [2.75, 3.05) is 14.2 Å². The highest BCUT2D eigenvalue weighted by Gasteiger charge is 2.37. The van der Waals surface area contributed by atoms with E-state index in [1.807, 2.05) is 24.3 Å². The molecule has 0 bridgehead atoms. The van der Waals surface area contributed by atoms with Crippen LogP contribution < -0.4 is 19.9 Å². The Morgan fingerprint density at radius 3 is 2.47 bits per heavy atom. The van der Waals surface area contributed by atoms with Crippen molar-refractivity contribution in [1.29, 1.82) is 0 Å². The van der Waals surface area contributed by atoms with Gasteiger partial charge in [-0.15, -0.1) is 0 Å². The van der Waals surface area contributed by atoms with Crippen LogP contribution in [-0.2, 0) is 14.3 Å². The lowest BCUT2D eigenvalue weighted by Gasteiger charge is -2.34. The van der Waals surface area contributed by atoms with Crippen LogP contribution in [0.15, 0.2) is 40.9 Å². The Kier molecular flexibility index (Phi) is 9.66. The first-order valence-corrected chi connectivity index (χ1v) is 12.4. The van der Waals surface area contributed by atoms with Crippen molar-refractivity contribution < 1.29 is 33.3 Å². The molecule has 192 valence electrons. The van der Waals surface area contributed by atoms with Gasteiger partial charge in [-0.3, -0.25) is 14.4 Å². The zero-order chi connectivity index (χ0) is 26.2. The third-order valence-corrected chi connectivity index (χ3v) is 6.58. The first kappa shape index (κ1) is 27.4. The number of nitrogens with two attached hydrogens (primary N) is 1. The summed E-state index contributed by atoms with van der Waals surface area (Å²) in [4.78, 5) is 37.4. The molecule has 3 atom stereocenters. The number of hydrogen-bond acceptors (Lipinski definition) is 8. The van der Waals surface area contributed by atoms with E-state index in [9.17, 15) is 14.4 Å². The molecule has 1 fully saturated rings. The fourth-order valence-electron chi connectivity index (χ4n) is 4.40. The number of methoxy groups -OCH3 is 2. The molecular formula is C27H30BrNO7. The Morgan fingerprint density at radius 1 is 1.11 bits per heavy atom. The first-order valence-electron chi connectivity index (χ1n) is 11.6. The molecule has 0 heterocycles. The normalized spacial score (nSPS) is 18.4. The van der Waals surface area contributed by atoms with Crippen LogP contribution in [0.3, 0.4) is 0 Å². The van der Waals surface area contributed by atoms with Crippen molar-refractivity contribution in [3.8, 4) is 17.2 Å². The number of carbonyl (C=O) groups excluding carboxylic acids is 3. The van der Waals surface area contributed by atoms with E-state index in [1.165, 1.54) is 20.3 Å². The second-order valence-electron chi connectivity index (χ2n) is 8.52.